The van der Waals surface area contributed by atoms with Crippen molar-refractivity contribution in [3.8, 4) is 0 Å². The van der Waals surface area contributed by atoms with E-state index in [4.69, 9.17) is 0 Å². The molecule has 1 unspecified atom stereocenters. The Morgan fingerprint density at radius 2 is 1.83 bits per heavy atom. The largest absolute Gasteiger partial charge is 0.0651 e. The Morgan fingerprint density at radius 3 is 2.25 bits per heavy atom. The fourth-order valence-electron chi connectivity index (χ4n) is 4.75. The maximum absolute atomic E-state index is 2.41. The molecule has 0 aliphatic heterocycles. The number of rotatable bonds is 1. The van der Waals surface area contributed by atoms with Crippen LogP contribution in [0.4, 0.5) is 0 Å². The summed E-state index contributed by atoms with van der Waals surface area (Å²) in [5.74, 6) is 1.12. The summed E-state index contributed by atoms with van der Waals surface area (Å²) in [5.41, 5.74) is 1.81. The van der Waals surface area contributed by atoms with E-state index in [-0.39, 0.29) is 0 Å². The van der Waals surface area contributed by atoms with Gasteiger partial charge in [-0.3, -0.25) is 0 Å². The zero-order valence-corrected chi connectivity index (χ0v) is 8.23. The van der Waals surface area contributed by atoms with Crippen LogP contribution in [-0.2, 0) is 0 Å². The van der Waals surface area contributed by atoms with E-state index in [0.29, 0.717) is 0 Å². The van der Waals surface area contributed by atoms with E-state index in [1.165, 1.54) is 6.42 Å². The monoisotopic (exact) mass is 164 g/mol. The quantitative estimate of drug-likeness (QED) is 0.553. The molecule has 0 nitrogen and oxygen atoms in total. The van der Waals surface area contributed by atoms with Gasteiger partial charge in [-0.1, -0.05) is 19.8 Å². The molecule has 0 aromatic carbocycles. The first-order chi connectivity index (χ1) is 5.83. The Labute approximate surface area is 75.7 Å². The number of hydrogen-bond acceptors (Lipinski definition) is 0. The molecule has 1 atom stereocenters. The summed E-state index contributed by atoms with van der Waals surface area (Å²) in [6.07, 6.45) is 12.5. The second kappa shape index (κ2) is 2.08. The van der Waals surface area contributed by atoms with Crippen LogP contribution in [0.1, 0.15) is 58.3 Å². The van der Waals surface area contributed by atoms with E-state index < -0.39 is 0 Å². The zero-order valence-electron chi connectivity index (χ0n) is 8.23. The molecule has 0 aromatic heterocycles. The van der Waals surface area contributed by atoms with E-state index in [1.54, 1.807) is 44.9 Å². The van der Waals surface area contributed by atoms with E-state index in [1.807, 2.05) is 0 Å². The van der Waals surface area contributed by atoms with Crippen LogP contribution in [0.5, 0.6) is 0 Å². The summed E-state index contributed by atoms with van der Waals surface area (Å²) < 4.78 is 0. The Balaban J connectivity index is 1.90. The van der Waals surface area contributed by atoms with Crippen molar-refractivity contribution >= 4 is 0 Å². The van der Waals surface area contributed by atoms with Crippen LogP contribution >= 0.6 is 0 Å². The third-order valence-electron chi connectivity index (χ3n) is 5.64. The molecule has 0 amide bonds. The average molecular weight is 164 g/mol. The van der Waals surface area contributed by atoms with Gasteiger partial charge in [0.15, 0.2) is 0 Å². The van der Waals surface area contributed by atoms with E-state index >= 15 is 0 Å². The van der Waals surface area contributed by atoms with Crippen molar-refractivity contribution in [1.29, 1.82) is 0 Å². The molecule has 0 radical (unpaired) electrons. The highest BCUT2D eigenvalue weighted by Gasteiger charge is 2.68. The predicted molar refractivity (Wildman–Crippen MR) is 51.0 cm³/mol. The molecule has 0 bridgehead atoms. The lowest BCUT2D eigenvalue weighted by Crippen LogP contribution is -2.64. The first kappa shape index (κ1) is 7.41. The normalized spacial score (nSPS) is 56.2. The molecule has 0 heterocycles. The highest BCUT2D eigenvalue weighted by molar-refractivity contribution is 5.18. The standard InChI is InChI=1S/C12H20/c1-2-10-4-3-5-11-6-8-12(10,11)9-7-11/h10H,2-9H2,1H3. The van der Waals surface area contributed by atoms with Crippen molar-refractivity contribution in [2.75, 3.05) is 0 Å². The minimum Gasteiger partial charge on any atom is -0.0651 e. The molecule has 3 aliphatic carbocycles. The minimum atomic E-state index is 0.903. The van der Waals surface area contributed by atoms with Crippen LogP contribution in [0, 0.1) is 16.7 Å². The highest BCUT2D eigenvalue weighted by atomic mass is 14.7. The summed E-state index contributed by atoms with van der Waals surface area (Å²) in [4.78, 5) is 0. The topological polar surface area (TPSA) is 0 Å². The van der Waals surface area contributed by atoms with Gasteiger partial charge in [0, 0.05) is 0 Å². The maximum atomic E-state index is 2.41. The second-order valence-electron chi connectivity index (χ2n) is 5.43. The molecular weight excluding hydrogens is 144 g/mol. The van der Waals surface area contributed by atoms with Crippen LogP contribution in [0.15, 0.2) is 0 Å². The zero-order chi connectivity index (χ0) is 8.23. The smallest absolute Gasteiger partial charge is 0.0212 e. The molecule has 3 fully saturated rings. The molecule has 0 heteroatoms. The molecular formula is C12H20. The lowest BCUT2D eigenvalue weighted by Gasteiger charge is -2.74. The first-order valence-corrected chi connectivity index (χ1v) is 5.83. The summed E-state index contributed by atoms with van der Waals surface area (Å²) >= 11 is 0. The van der Waals surface area contributed by atoms with Gasteiger partial charge in [-0.15, -0.1) is 0 Å². The first-order valence-electron chi connectivity index (χ1n) is 5.83. The van der Waals surface area contributed by atoms with Crippen molar-refractivity contribution in [3.63, 3.8) is 0 Å². The summed E-state index contributed by atoms with van der Waals surface area (Å²) in [7, 11) is 0. The van der Waals surface area contributed by atoms with Crippen LogP contribution in [0.2, 0.25) is 0 Å². The van der Waals surface area contributed by atoms with Gasteiger partial charge in [0.25, 0.3) is 0 Å². The molecule has 3 saturated carbocycles. The Kier molecular flexibility index (Phi) is 1.28. The van der Waals surface area contributed by atoms with E-state index in [0.717, 1.165) is 16.7 Å². The Morgan fingerprint density at radius 1 is 1.08 bits per heavy atom. The second-order valence-corrected chi connectivity index (χ2v) is 5.43. The molecule has 3 rings (SSSR count). The fraction of sp³-hybridized carbons (Fsp3) is 1.00. The van der Waals surface area contributed by atoms with E-state index in [2.05, 4.69) is 6.92 Å². The van der Waals surface area contributed by atoms with Crippen molar-refractivity contribution in [1.82, 2.24) is 0 Å². The van der Waals surface area contributed by atoms with Crippen molar-refractivity contribution in [3.05, 3.63) is 0 Å². The van der Waals surface area contributed by atoms with Gasteiger partial charge in [-0.2, -0.15) is 0 Å². The van der Waals surface area contributed by atoms with Crippen LogP contribution < -0.4 is 0 Å². The van der Waals surface area contributed by atoms with Gasteiger partial charge in [0.05, 0.1) is 0 Å². The minimum absolute atomic E-state index is 0.903. The lowest BCUT2D eigenvalue weighted by molar-refractivity contribution is -0.240. The summed E-state index contributed by atoms with van der Waals surface area (Å²) in [6, 6.07) is 0. The van der Waals surface area contributed by atoms with Crippen LogP contribution in [0.3, 0.4) is 0 Å². The van der Waals surface area contributed by atoms with E-state index in [9.17, 15) is 0 Å². The maximum Gasteiger partial charge on any atom is -0.0212 e. The predicted octanol–water partition coefficient (Wildman–Crippen LogP) is 3.76. The third kappa shape index (κ3) is 0.561. The molecule has 0 aromatic rings. The van der Waals surface area contributed by atoms with Crippen molar-refractivity contribution in [2.45, 2.75) is 58.3 Å². The molecule has 12 heavy (non-hydrogen) atoms. The molecule has 0 saturated heterocycles. The SMILES string of the molecule is CCC1CCCC23CCC12CC3. The summed E-state index contributed by atoms with van der Waals surface area (Å²) in [6.45, 7) is 2.41. The van der Waals surface area contributed by atoms with Gasteiger partial charge in [-0.25, -0.2) is 0 Å². The molecule has 0 N–H and O–H groups in total. The Bertz CT molecular complexity index is 196. The number of hydrogen-bond donors (Lipinski definition) is 0. The van der Waals surface area contributed by atoms with Crippen molar-refractivity contribution in [2.24, 2.45) is 16.7 Å². The molecule has 3 aliphatic rings. The molecule has 68 valence electrons. The average Bonchev–Trinajstić information content (AvgIpc) is 2.04. The highest BCUT2D eigenvalue weighted by Crippen LogP contribution is 2.78. The molecule has 0 spiro atoms. The summed E-state index contributed by atoms with van der Waals surface area (Å²) in [5, 5.41) is 0. The lowest BCUT2D eigenvalue weighted by atomic mass is 9.31. The Hall–Kier alpha value is 0. The van der Waals surface area contributed by atoms with Gasteiger partial charge < -0.3 is 0 Å². The van der Waals surface area contributed by atoms with Crippen LogP contribution in [0.25, 0.3) is 0 Å². The van der Waals surface area contributed by atoms with Gasteiger partial charge in [-0.05, 0) is 55.3 Å². The van der Waals surface area contributed by atoms with Gasteiger partial charge in [0.2, 0.25) is 0 Å². The van der Waals surface area contributed by atoms with Gasteiger partial charge >= 0.3 is 0 Å². The third-order valence-corrected chi connectivity index (χ3v) is 5.64. The van der Waals surface area contributed by atoms with Gasteiger partial charge in [0.1, 0.15) is 0 Å². The fourth-order valence-corrected chi connectivity index (χ4v) is 4.75. The van der Waals surface area contributed by atoms with Crippen molar-refractivity contribution < 1.29 is 0 Å². The van der Waals surface area contributed by atoms with Crippen LogP contribution in [-0.4, -0.2) is 0 Å².